The molecule has 24 heavy (non-hydrogen) atoms. The molecule has 0 radical (unpaired) electrons. The number of fused-ring (bicyclic) bond motifs is 2. The van der Waals surface area contributed by atoms with E-state index in [2.05, 4.69) is 0 Å². The summed E-state index contributed by atoms with van der Waals surface area (Å²) in [6, 6.07) is 1.77. The Morgan fingerprint density at radius 1 is 1.33 bits per heavy atom. The lowest BCUT2D eigenvalue weighted by molar-refractivity contribution is -0.0950. The van der Waals surface area contributed by atoms with Gasteiger partial charge in [0.15, 0.2) is 0 Å². The van der Waals surface area contributed by atoms with Crippen molar-refractivity contribution < 1.29 is 24.2 Å². The van der Waals surface area contributed by atoms with E-state index in [1.165, 1.54) is 11.3 Å². The number of nitrogens with zero attached hydrogens (tertiary/aromatic N) is 1. The fraction of sp³-hybridized carbons (Fsp3) is 0.647. The largest absolute Gasteiger partial charge is 0.477 e. The van der Waals surface area contributed by atoms with Crippen LogP contribution < -0.4 is 0 Å². The lowest BCUT2D eigenvalue weighted by atomic mass is 9.85. The van der Waals surface area contributed by atoms with Crippen molar-refractivity contribution in [3.05, 3.63) is 21.4 Å². The van der Waals surface area contributed by atoms with Crippen molar-refractivity contribution in [2.75, 3.05) is 19.7 Å². The SMILES string of the molecule is CC(C)(C)OC(=O)N1CCC2(CC1)OCCc1cc(C(=O)O)sc12. The van der Waals surface area contributed by atoms with E-state index in [0.717, 1.165) is 16.9 Å². The van der Waals surface area contributed by atoms with Crippen molar-refractivity contribution >= 4 is 23.4 Å². The number of aromatic carboxylic acids is 1. The van der Waals surface area contributed by atoms with Gasteiger partial charge in [-0.25, -0.2) is 9.59 Å². The van der Waals surface area contributed by atoms with Gasteiger partial charge in [-0.05, 0) is 51.7 Å². The Balaban J connectivity index is 1.75. The second kappa shape index (κ2) is 6.04. The molecular weight excluding hydrogens is 330 g/mol. The predicted molar refractivity (Wildman–Crippen MR) is 89.7 cm³/mol. The van der Waals surface area contributed by atoms with E-state index in [9.17, 15) is 14.7 Å². The van der Waals surface area contributed by atoms with Crippen LogP contribution in [0.1, 0.15) is 53.7 Å². The second-order valence-corrected chi connectivity index (χ2v) is 8.38. The first kappa shape index (κ1) is 17.2. The van der Waals surface area contributed by atoms with Gasteiger partial charge in [-0.1, -0.05) is 0 Å². The number of carbonyl (C=O) groups excluding carboxylic acids is 1. The Bertz CT molecular complexity index is 652. The molecule has 2 aliphatic heterocycles. The molecule has 0 bridgehead atoms. The molecule has 1 amide bonds. The monoisotopic (exact) mass is 353 g/mol. The average Bonchev–Trinajstić information content (AvgIpc) is 2.92. The molecule has 0 unspecified atom stereocenters. The lowest BCUT2D eigenvalue weighted by Gasteiger charge is -2.43. The quantitative estimate of drug-likeness (QED) is 0.839. The summed E-state index contributed by atoms with van der Waals surface area (Å²) in [4.78, 5) is 26.6. The summed E-state index contributed by atoms with van der Waals surface area (Å²) in [5.41, 5.74) is 0.115. The molecule has 1 aromatic rings. The van der Waals surface area contributed by atoms with Gasteiger partial charge >= 0.3 is 12.1 Å². The molecule has 3 heterocycles. The fourth-order valence-corrected chi connectivity index (χ4v) is 4.53. The first-order valence-corrected chi connectivity index (χ1v) is 9.00. The smallest absolute Gasteiger partial charge is 0.410 e. The predicted octanol–water partition coefficient (Wildman–Crippen LogP) is 3.25. The van der Waals surface area contributed by atoms with Crippen LogP contribution in [-0.2, 0) is 21.5 Å². The second-order valence-electron chi connectivity index (χ2n) is 7.33. The number of likely N-dealkylation sites (tertiary alicyclic amines) is 1. The number of thiophene rings is 1. The maximum Gasteiger partial charge on any atom is 0.410 e. The van der Waals surface area contributed by atoms with Gasteiger partial charge in [-0.2, -0.15) is 0 Å². The van der Waals surface area contributed by atoms with E-state index < -0.39 is 17.2 Å². The zero-order chi connectivity index (χ0) is 17.5. The van der Waals surface area contributed by atoms with Crippen molar-refractivity contribution in [2.45, 2.75) is 51.2 Å². The summed E-state index contributed by atoms with van der Waals surface area (Å²) in [5.74, 6) is -0.893. The van der Waals surface area contributed by atoms with Crippen LogP contribution in [-0.4, -0.2) is 47.4 Å². The van der Waals surface area contributed by atoms with Crippen molar-refractivity contribution in [1.82, 2.24) is 4.90 Å². The van der Waals surface area contributed by atoms with E-state index in [1.54, 1.807) is 11.0 Å². The number of carbonyl (C=O) groups is 2. The van der Waals surface area contributed by atoms with E-state index in [-0.39, 0.29) is 6.09 Å². The Morgan fingerprint density at radius 2 is 2.00 bits per heavy atom. The first-order chi connectivity index (χ1) is 11.2. The number of carboxylic acid groups (broad SMARTS) is 1. The van der Waals surface area contributed by atoms with Gasteiger partial charge in [-0.3, -0.25) is 0 Å². The minimum atomic E-state index is -0.893. The van der Waals surface area contributed by atoms with Crippen LogP contribution in [0.4, 0.5) is 4.79 Å². The van der Waals surface area contributed by atoms with Crippen LogP contribution in [0.3, 0.4) is 0 Å². The van der Waals surface area contributed by atoms with Crippen molar-refractivity contribution in [2.24, 2.45) is 0 Å². The zero-order valence-corrected chi connectivity index (χ0v) is 15.1. The van der Waals surface area contributed by atoms with Gasteiger partial charge in [0.25, 0.3) is 0 Å². The topological polar surface area (TPSA) is 76.1 Å². The van der Waals surface area contributed by atoms with E-state index in [4.69, 9.17) is 9.47 Å². The third kappa shape index (κ3) is 3.28. The van der Waals surface area contributed by atoms with Gasteiger partial charge in [0.05, 0.1) is 6.61 Å². The van der Waals surface area contributed by atoms with Crippen LogP contribution in [0, 0.1) is 0 Å². The van der Waals surface area contributed by atoms with Crippen LogP contribution in [0.25, 0.3) is 0 Å². The van der Waals surface area contributed by atoms with Gasteiger partial charge in [0.1, 0.15) is 16.1 Å². The maximum absolute atomic E-state index is 12.2. The number of rotatable bonds is 1. The zero-order valence-electron chi connectivity index (χ0n) is 14.3. The number of ether oxygens (including phenoxy) is 2. The molecule has 2 aliphatic rings. The number of amides is 1. The summed E-state index contributed by atoms with van der Waals surface area (Å²) in [7, 11) is 0. The van der Waals surface area contributed by atoms with Crippen LogP contribution in [0.2, 0.25) is 0 Å². The number of hydrogen-bond acceptors (Lipinski definition) is 5. The molecule has 0 atom stereocenters. The number of piperidine rings is 1. The summed E-state index contributed by atoms with van der Waals surface area (Å²) in [6.45, 7) is 7.25. The molecule has 1 spiro atoms. The van der Waals surface area contributed by atoms with Gasteiger partial charge in [0, 0.05) is 18.0 Å². The normalized spacial score (nSPS) is 19.9. The van der Waals surface area contributed by atoms with Gasteiger partial charge in [-0.15, -0.1) is 11.3 Å². The van der Waals surface area contributed by atoms with Crippen molar-refractivity contribution in [1.29, 1.82) is 0 Å². The maximum atomic E-state index is 12.2. The average molecular weight is 353 g/mol. The third-order valence-electron chi connectivity index (χ3n) is 4.41. The molecule has 0 saturated carbocycles. The minimum absolute atomic E-state index is 0.300. The summed E-state index contributed by atoms with van der Waals surface area (Å²) in [5, 5.41) is 9.24. The summed E-state index contributed by atoms with van der Waals surface area (Å²) in [6.07, 6.45) is 1.78. The Hall–Kier alpha value is -1.60. The molecule has 1 saturated heterocycles. The molecule has 0 aromatic carbocycles. The van der Waals surface area contributed by atoms with Crippen molar-refractivity contribution in [3.8, 4) is 0 Å². The van der Waals surface area contributed by atoms with Gasteiger partial charge < -0.3 is 19.5 Å². The lowest BCUT2D eigenvalue weighted by Crippen LogP contribution is -2.49. The Kier molecular flexibility index (Phi) is 4.34. The highest BCUT2D eigenvalue weighted by atomic mass is 32.1. The number of carboxylic acids is 1. The standard InChI is InChI=1S/C17H23NO5S/c1-16(2,3)23-15(21)18-7-5-17(6-8-18)13-11(4-9-22-17)10-12(24-13)14(19)20/h10H,4-9H2,1-3H3,(H,19,20). The van der Waals surface area contributed by atoms with Crippen molar-refractivity contribution in [3.63, 3.8) is 0 Å². The summed E-state index contributed by atoms with van der Waals surface area (Å²) < 4.78 is 11.5. The molecule has 7 heteroatoms. The Morgan fingerprint density at radius 3 is 2.58 bits per heavy atom. The van der Waals surface area contributed by atoms with Crippen LogP contribution in [0.15, 0.2) is 6.07 Å². The highest BCUT2D eigenvalue weighted by molar-refractivity contribution is 7.14. The van der Waals surface area contributed by atoms with E-state index in [1.807, 2.05) is 20.8 Å². The molecule has 1 N–H and O–H groups in total. The third-order valence-corrected chi connectivity index (χ3v) is 5.76. The molecule has 132 valence electrons. The molecule has 0 aliphatic carbocycles. The molecule has 3 rings (SSSR count). The minimum Gasteiger partial charge on any atom is -0.477 e. The van der Waals surface area contributed by atoms with Gasteiger partial charge in [0.2, 0.25) is 0 Å². The first-order valence-electron chi connectivity index (χ1n) is 8.19. The highest BCUT2D eigenvalue weighted by Gasteiger charge is 2.44. The van der Waals surface area contributed by atoms with E-state index in [0.29, 0.717) is 37.4 Å². The van der Waals surface area contributed by atoms with E-state index >= 15 is 0 Å². The molecule has 6 nitrogen and oxygen atoms in total. The molecular formula is C17H23NO5S. The highest BCUT2D eigenvalue weighted by Crippen LogP contribution is 2.45. The summed E-state index contributed by atoms with van der Waals surface area (Å²) >= 11 is 1.31. The fourth-order valence-electron chi connectivity index (χ4n) is 3.28. The number of hydrogen-bond donors (Lipinski definition) is 1. The molecule has 1 aromatic heterocycles. The van der Waals surface area contributed by atoms with Crippen LogP contribution >= 0.6 is 11.3 Å². The van der Waals surface area contributed by atoms with Crippen LogP contribution in [0.5, 0.6) is 0 Å². The Labute approximate surface area is 145 Å². The molecule has 1 fully saturated rings.